The van der Waals surface area contributed by atoms with Gasteiger partial charge in [-0.2, -0.15) is 0 Å². The molecule has 1 rings (SSSR count). The van der Waals surface area contributed by atoms with Crippen LogP contribution in [0.25, 0.3) is 0 Å². The van der Waals surface area contributed by atoms with E-state index in [1.807, 2.05) is 0 Å². The summed E-state index contributed by atoms with van der Waals surface area (Å²) in [5.41, 5.74) is -1.08. The summed E-state index contributed by atoms with van der Waals surface area (Å²) in [4.78, 5) is 11.6. The lowest BCUT2D eigenvalue weighted by Crippen LogP contribution is -2.24. The summed E-state index contributed by atoms with van der Waals surface area (Å²) >= 11 is 0. The first-order chi connectivity index (χ1) is 7.20. The Hall–Kier alpha value is -1.91. The highest BCUT2D eigenvalue weighted by Crippen LogP contribution is 2.33. The summed E-state index contributed by atoms with van der Waals surface area (Å²) in [6, 6.07) is 1.91. The number of phenolic OH excluding ortho intramolecular Hbond substituents is 3. The van der Waals surface area contributed by atoms with Crippen LogP contribution >= 0.6 is 0 Å². The molecule has 3 N–H and O–H groups in total. The van der Waals surface area contributed by atoms with Crippen molar-refractivity contribution >= 4 is 5.97 Å². The Bertz CT molecular complexity index is 394. The minimum Gasteiger partial charge on any atom is -0.508 e. The number of carbonyl (C=O) groups is 1. The maximum absolute atomic E-state index is 11.6. The average Bonchev–Trinajstić information content (AvgIpc) is 1.96. The van der Waals surface area contributed by atoms with Crippen LogP contribution in [0.3, 0.4) is 0 Å². The topological polar surface area (TPSA) is 87.0 Å². The number of esters is 1. The Morgan fingerprint density at radius 1 is 1.12 bits per heavy atom. The van der Waals surface area contributed by atoms with Gasteiger partial charge in [0.05, 0.1) is 0 Å². The van der Waals surface area contributed by atoms with Gasteiger partial charge in [0.2, 0.25) is 0 Å². The summed E-state index contributed by atoms with van der Waals surface area (Å²) in [5, 5.41) is 27.9. The highest BCUT2D eigenvalue weighted by molar-refractivity contribution is 5.95. The van der Waals surface area contributed by atoms with Crippen LogP contribution in [-0.2, 0) is 4.74 Å². The lowest BCUT2D eigenvalue weighted by Gasteiger charge is -2.20. The molecule has 1 aromatic carbocycles. The molecule has 16 heavy (non-hydrogen) atoms. The van der Waals surface area contributed by atoms with E-state index in [4.69, 9.17) is 9.84 Å². The number of carbonyl (C=O) groups excluding carboxylic acids is 1. The minimum absolute atomic E-state index is 0.331. The molecule has 0 saturated carbocycles. The average molecular weight is 226 g/mol. The fourth-order valence-electron chi connectivity index (χ4n) is 1.14. The molecule has 5 nitrogen and oxygen atoms in total. The molecule has 0 heterocycles. The summed E-state index contributed by atoms with van der Waals surface area (Å²) in [6.45, 7) is 5.00. The van der Waals surface area contributed by atoms with Gasteiger partial charge in [-0.05, 0) is 20.8 Å². The first-order valence-corrected chi connectivity index (χ1v) is 4.69. The normalized spacial score (nSPS) is 11.2. The van der Waals surface area contributed by atoms with Crippen LogP contribution < -0.4 is 0 Å². The molecule has 0 radical (unpaired) electrons. The van der Waals surface area contributed by atoms with E-state index < -0.39 is 23.1 Å². The van der Waals surface area contributed by atoms with E-state index in [1.54, 1.807) is 20.8 Å². The number of aromatic hydroxyl groups is 3. The molecule has 88 valence electrons. The zero-order valence-corrected chi connectivity index (χ0v) is 9.31. The van der Waals surface area contributed by atoms with Crippen LogP contribution in [0.4, 0.5) is 0 Å². The van der Waals surface area contributed by atoms with Crippen molar-refractivity contribution in [2.75, 3.05) is 0 Å². The molecule has 0 spiro atoms. The molecule has 0 amide bonds. The largest absolute Gasteiger partial charge is 0.508 e. The van der Waals surface area contributed by atoms with E-state index in [9.17, 15) is 15.0 Å². The summed E-state index contributed by atoms with van der Waals surface area (Å²) in [5.74, 6) is -2.22. The number of benzene rings is 1. The maximum atomic E-state index is 11.6. The van der Waals surface area contributed by atoms with Gasteiger partial charge in [0.15, 0.2) is 0 Å². The van der Waals surface area contributed by atoms with Gasteiger partial charge in [-0.3, -0.25) is 0 Å². The smallest absolute Gasteiger partial charge is 0.346 e. The number of rotatable bonds is 1. The highest BCUT2D eigenvalue weighted by atomic mass is 16.6. The first kappa shape index (κ1) is 12.2. The minimum atomic E-state index is -0.845. The van der Waals surface area contributed by atoms with Gasteiger partial charge in [-0.1, -0.05) is 0 Å². The van der Waals surface area contributed by atoms with E-state index in [1.165, 1.54) is 0 Å². The fourth-order valence-corrected chi connectivity index (χ4v) is 1.14. The Morgan fingerprint density at radius 2 is 1.56 bits per heavy atom. The van der Waals surface area contributed by atoms with Gasteiger partial charge in [0.1, 0.15) is 28.4 Å². The quantitative estimate of drug-likeness (QED) is 0.635. The Kier molecular flexibility index (Phi) is 2.98. The van der Waals surface area contributed by atoms with Crippen LogP contribution in [0.1, 0.15) is 31.1 Å². The third-order valence-corrected chi connectivity index (χ3v) is 1.68. The standard InChI is InChI=1S/C11H14O5/c1-11(2,3)16-10(15)9-7(13)4-6(12)5-8(9)14/h4-5,12-14H,1-3H3. The second kappa shape index (κ2) is 3.92. The van der Waals surface area contributed by atoms with Gasteiger partial charge >= 0.3 is 5.97 Å². The van der Waals surface area contributed by atoms with Gasteiger partial charge in [0.25, 0.3) is 0 Å². The van der Waals surface area contributed by atoms with Crippen molar-refractivity contribution in [2.24, 2.45) is 0 Å². The van der Waals surface area contributed by atoms with Crippen molar-refractivity contribution in [3.8, 4) is 17.2 Å². The third-order valence-electron chi connectivity index (χ3n) is 1.68. The maximum Gasteiger partial charge on any atom is 0.346 e. The number of hydrogen-bond acceptors (Lipinski definition) is 5. The molecule has 1 aromatic rings. The first-order valence-electron chi connectivity index (χ1n) is 4.69. The van der Waals surface area contributed by atoms with Gasteiger partial charge in [-0.15, -0.1) is 0 Å². The molecule has 0 atom stereocenters. The van der Waals surface area contributed by atoms with Crippen molar-refractivity contribution in [3.63, 3.8) is 0 Å². The fraction of sp³-hybridized carbons (Fsp3) is 0.364. The van der Waals surface area contributed by atoms with Crippen molar-refractivity contribution < 1.29 is 24.9 Å². The highest BCUT2D eigenvalue weighted by Gasteiger charge is 2.24. The summed E-state index contributed by atoms with van der Waals surface area (Å²) in [6.07, 6.45) is 0. The second-order valence-corrected chi connectivity index (χ2v) is 4.36. The number of ether oxygens (including phenoxy) is 1. The van der Waals surface area contributed by atoms with E-state index >= 15 is 0 Å². The zero-order chi connectivity index (χ0) is 12.5. The number of hydrogen-bond donors (Lipinski definition) is 3. The third kappa shape index (κ3) is 2.79. The lowest BCUT2D eigenvalue weighted by atomic mass is 10.1. The molecule has 0 aliphatic rings. The van der Waals surface area contributed by atoms with Crippen LogP contribution in [-0.4, -0.2) is 26.9 Å². The molecular formula is C11H14O5. The summed E-state index contributed by atoms with van der Waals surface area (Å²) < 4.78 is 4.98. The van der Waals surface area contributed by atoms with E-state index in [-0.39, 0.29) is 11.3 Å². The molecule has 0 aliphatic heterocycles. The van der Waals surface area contributed by atoms with Crippen molar-refractivity contribution in [1.29, 1.82) is 0 Å². The molecule has 0 bridgehead atoms. The van der Waals surface area contributed by atoms with Crippen LogP contribution in [0.15, 0.2) is 12.1 Å². The van der Waals surface area contributed by atoms with Crippen molar-refractivity contribution in [2.45, 2.75) is 26.4 Å². The molecule has 0 aliphatic carbocycles. The lowest BCUT2D eigenvalue weighted by molar-refractivity contribution is 0.00640. The van der Waals surface area contributed by atoms with Gasteiger partial charge in [-0.25, -0.2) is 4.79 Å². The second-order valence-electron chi connectivity index (χ2n) is 4.36. The summed E-state index contributed by atoms with van der Waals surface area (Å²) in [7, 11) is 0. The van der Waals surface area contributed by atoms with Crippen LogP contribution in [0, 0.1) is 0 Å². The predicted molar refractivity (Wildman–Crippen MR) is 56.6 cm³/mol. The Morgan fingerprint density at radius 3 is 1.94 bits per heavy atom. The van der Waals surface area contributed by atoms with Crippen molar-refractivity contribution in [1.82, 2.24) is 0 Å². The Balaban J connectivity index is 3.10. The SMILES string of the molecule is CC(C)(C)OC(=O)c1c(O)cc(O)cc1O. The molecule has 0 fully saturated rings. The van der Waals surface area contributed by atoms with E-state index in [0.717, 1.165) is 12.1 Å². The molecule has 0 saturated heterocycles. The molecular weight excluding hydrogens is 212 g/mol. The predicted octanol–water partition coefficient (Wildman–Crippen LogP) is 1.76. The van der Waals surface area contributed by atoms with E-state index in [2.05, 4.69) is 0 Å². The van der Waals surface area contributed by atoms with Crippen molar-refractivity contribution in [3.05, 3.63) is 17.7 Å². The molecule has 0 unspecified atom stereocenters. The van der Waals surface area contributed by atoms with Gasteiger partial charge < -0.3 is 20.1 Å². The van der Waals surface area contributed by atoms with Crippen LogP contribution in [0.5, 0.6) is 17.2 Å². The van der Waals surface area contributed by atoms with E-state index in [0.29, 0.717) is 0 Å². The Labute approximate surface area is 92.9 Å². The molecule has 0 aromatic heterocycles. The molecule has 5 heteroatoms. The monoisotopic (exact) mass is 226 g/mol. The number of phenols is 3. The zero-order valence-electron chi connectivity index (χ0n) is 9.31. The van der Waals surface area contributed by atoms with Gasteiger partial charge in [0, 0.05) is 12.1 Å². The van der Waals surface area contributed by atoms with Crippen LogP contribution in [0.2, 0.25) is 0 Å².